The van der Waals surface area contributed by atoms with Gasteiger partial charge in [0.05, 0.1) is 18.6 Å². The quantitative estimate of drug-likeness (QED) is 0.847. The minimum atomic E-state index is -0.538. The van der Waals surface area contributed by atoms with E-state index < -0.39 is 5.54 Å². The summed E-state index contributed by atoms with van der Waals surface area (Å²) in [6.45, 7) is 3.70. The van der Waals surface area contributed by atoms with Crippen molar-refractivity contribution >= 4 is 17.5 Å². The molecule has 1 unspecified atom stereocenters. The third kappa shape index (κ3) is 4.36. The van der Waals surface area contributed by atoms with Crippen molar-refractivity contribution in [2.45, 2.75) is 32.2 Å². The minimum Gasteiger partial charge on any atom is -0.394 e. The summed E-state index contributed by atoms with van der Waals surface area (Å²) in [5.41, 5.74) is 0.368. The first-order chi connectivity index (χ1) is 7.99. The molecule has 1 amide bonds. The number of aliphatic hydroxyl groups excluding tert-OH is 1. The van der Waals surface area contributed by atoms with Gasteiger partial charge in [-0.2, -0.15) is 0 Å². The Balaban J connectivity index is 2.58. The number of hydrogen-bond donors (Lipinski definition) is 2. The van der Waals surface area contributed by atoms with Gasteiger partial charge >= 0.3 is 0 Å². The average molecular weight is 256 g/mol. The molecule has 17 heavy (non-hydrogen) atoms. The second kappa shape index (κ2) is 6.03. The minimum absolute atomic E-state index is 0.0597. The fourth-order valence-corrected chi connectivity index (χ4v) is 1.53. The predicted molar refractivity (Wildman–Crippen MR) is 69.1 cm³/mol. The average Bonchev–Trinajstić information content (AvgIpc) is 2.32. The maximum absolute atomic E-state index is 11.8. The molecule has 0 spiro atoms. The summed E-state index contributed by atoms with van der Waals surface area (Å²) in [6, 6.07) is 7.17. The van der Waals surface area contributed by atoms with E-state index in [0.29, 0.717) is 17.9 Å². The first kappa shape index (κ1) is 14.0. The zero-order valence-electron chi connectivity index (χ0n) is 10.2. The summed E-state index contributed by atoms with van der Waals surface area (Å²) in [5.74, 6) is -0.0919. The van der Waals surface area contributed by atoms with Crippen LogP contribution in [0.15, 0.2) is 24.3 Å². The van der Waals surface area contributed by atoms with Crippen molar-refractivity contribution in [3.05, 3.63) is 34.9 Å². The van der Waals surface area contributed by atoms with Crippen LogP contribution in [0.2, 0.25) is 5.02 Å². The zero-order valence-corrected chi connectivity index (χ0v) is 10.9. The van der Waals surface area contributed by atoms with Gasteiger partial charge in [0.25, 0.3) is 0 Å². The largest absolute Gasteiger partial charge is 0.394 e. The highest BCUT2D eigenvalue weighted by molar-refractivity contribution is 6.30. The fraction of sp³-hybridized carbons (Fsp3) is 0.462. The SMILES string of the molecule is CCC(C)(CO)NC(=O)Cc1ccc(Cl)cc1. The van der Waals surface area contributed by atoms with E-state index in [1.807, 2.05) is 26.0 Å². The number of aliphatic hydroxyl groups is 1. The number of halogens is 1. The normalized spacial score (nSPS) is 14.1. The number of nitrogens with one attached hydrogen (secondary N) is 1. The molecule has 1 aromatic carbocycles. The van der Waals surface area contributed by atoms with Gasteiger partial charge < -0.3 is 10.4 Å². The lowest BCUT2D eigenvalue weighted by atomic mass is 9.99. The Kier molecular flexibility index (Phi) is 4.97. The van der Waals surface area contributed by atoms with Crippen molar-refractivity contribution in [2.75, 3.05) is 6.61 Å². The van der Waals surface area contributed by atoms with Crippen molar-refractivity contribution in [3.63, 3.8) is 0 Å². The van der Waals surface area contributed by atoms with Gasteiger partial charge in [0.2, 0.25) is 5.91 Å². The van der Waals surface area contributed by atoms with Crippen molar-refractivity contribution in [2.24, 2.45) is 0 Å². The first-order valence-electron chi connectivity index (χ1n) is 5.65. The van der Waals surface area contributed by atoms with Gasteiger partial charge in [-0.3, -0.25) is 4.79 Å². The second-order valence-electron chi connectivity index (χ2n) is 4.42. The van der Waals surface area contributed by atoms with Crippen LogP contribution in [0, 0.1) is 0 Å². The molecular formula is C13H18ClNO2. The van der Waals surface area contributed by atoms with Gasteiger partial charge in [0, 0.05) is 5.02 Å². The molecule has 1 atom stereocenters. The molecule has 0 heterocycles. The van der Waals surface area contributed by atoms with Crippen molar-refractivity contribution in [3.8, 4) is 0 Å². The van der Waals surface area contributed by atoms with E-state index in [9.17, 15) is 9.90 Å². The molecule has 2 N–H and O–H groups in total. The van der Waals surface area contributed by atoms with Gasteiger partial charge in [-0.15, -0.1) is 0 Å². The van der Waals surface area contributed by atoms with E-state index in [1.165, 1.54) is 0 Å². The molecule has 3 nitrogen and oxygen atoms in total. The second-order valence-corrected chi connectivity index (χ2v) is 4.86. The fourth-order valence-electron chi connectivity index (χ4n) is 1.41. The number of amides is 1. The lowest BCUT2D eigenvalue weighted by molar-refractivity contribution is -0.122. The molecule has 0 aliphatic heterocycles. The molecule has 1 rings (SSSR count). The summed E-state index contributed by atoms with van der Waals surface area (Å²) >= 11 is 5.77. The Morgan fingerprint density at radius 3 is 2.47 bits per heavy atom. The molecule has 0 aliphatic carbocycles. The van der Waals surface area contributed by atoms with Crippen LogP contribution in [0.1, 0.15) is 25.8 Å². The van der Waals surface area contributed by atoms with Crippen molar-refractivity contribution in [1.82, 2.24) is 5.32 Å². The number of carbonyl (C=O) groups excluding carboxylic acids is 1. The van der Waals surface area contributed by atoms with Crippen LogP contribution < -0.4 is 5.32 Å². The van der Waals surface area contributed by atoms with Crippen LogP contribution >= 0.6 is 11.6 Å². The molecule has 1 aromatic rings. The molecular weight excluding hydrogens is 238 g/mol. The topological polar surface area (TPSA) is 49.3 Å². The van der Waals surface area contributed by atoms with Gasteiger partial charge in [-0.25, -0.2) is 0 Å². The Morgan fingerprint density at radius 1 is 1.41 bits per heavy atom. The van der Waals surface area contributed by atoms with Crippen LogP contribution in [0.4, 0.5) is 0 Å². The molecule has 4 heteroatoms. The highest BCUT2D eigenvalue weighted by Crippen LogP contribution is 2.11. The Morgan fingerprint density at radius 2 is 2.00 bits per heavy atom. The Hall–Kier alpha value is -1.06. The van der Waals surface area contributed by atoms with Crippen LogP contribution in [0.5, 0.6) is 0 Å². The zero-order chi connectivity index (χ0) is 12.9. The van der Waals surface area contributed by atoms with Crippen LogP contribution in [-0.2, 0) is 11.2 Å². The van der Waals surface area contributed by atoms with Crippen molar-refractivity contribution < 1.29 is 9.90 Å². The summed E-state index contributed by atoms with van der Waals surface area (Å²) in [7, 11) is 0. The van der Waals surface area contributed by atoms with Crippen LogP contribution in [0.3, 0.4) is 0 Å². The first-order valence-corrected chi connectivity index (χ1v) is 6.03. The standard InChI is InChI=1S/C13H18ClNO2/c1-3-13(2,9-16)15-12(17)8-10-4-6-11(14)7-5-10/h4-7,16H,3,8-9H2,1-2H3,(H,15,17). The maximum Gasteiger partial charge on any atom is 0.224 e. The molecule has 94 valence electrons. The number of carbonyl (C=O) groups is 1. The number of rotatable bonds is 5. The van der Waals surface area contributed by atoms with E-state index in [4.69, 9.17) is 11.6 Å². The lowest BCUT2D eigenvalue weighted by Crippen LogP contribution is -2.48. The van der Waals surface area contributed by atoms with Gasteiger partial charge in [-0.05, 0) is 31.0 Å². The summed E-state index contributed by atoms with van der Waals surface area (Å²) < 4.78 is 0. The Bertz CT molecular complexity index is 372. The monoisotopic (exact) mass is 255 g/mol. The summed E-state index contributed by atoms with van der Waals surface area (Å²) in [5, 5.41) is 12.7. The molecule has 0 fully saturated rings. The maximum atomic E-state index is 11.8. The van der Waals surface area contributed by atoms with Crippen molar-refractivity contribution in [1.29, 1.82) is 0 Å². The highest BCUT2D eigenvalue weighted by Gasteiger charge is 2.22. The van der Waals surface area contributed by atoms with E-state index >= 15 is 0 Å². The van der Waals surface area contributed by atoms with Gasteiger partial charge in [0.1, 0.15) is 0 Å². The van der Waals surface area contributed by atoms with E-state index in [0.717, 1.165) is 5.56 Å². The predicted octanol–water partition coefficient (Wildman–Crippen LogP) is 2.16. The lowest BCUT2D eigenvalue weighted by Gasteiger charge is -2.27. The third-order valence-corrected chi connectivity index (χ3v) is 3.10. The Labute approximate surface area is 107 Å². The van der Waals surface area contributed by atoms with Crippen LogP contribution in [-0.4, -0.2) is 23.2 Å². The molecule has 0 aromatic heterocycles. The smallest absolute Gasteiger partial charge is 0.224 e. The highest BCUT2D eigenvalue weighted by atomic mass is 35.5. The number of benzene rings is 1. The summed E-state index contributed by atoms with van der Waals surface area (Å²) in [4.78, 5) is 11.8. The van der Waals surface area contributed by atoms with Crippen LogP contribution in [0.25, 0.3) is 0 Å². The molecule has 0 saturated heterocycles. The number of hydrogen-bond acceptors (Lipinski definition) is 2. The summed E-state index contributed by atoms with van der Waals surface area (Å²) in [6.07, 6.45) is 0.989. The van der Waals surface area contributed by atoms with E-state index in [2.05, 4.69) is 5.32 Å². The molecule has 0 radical (unpaired) electrons. The van der Waals surface area contributed by atoms with E-state index in [-0.39, 0.29) is 12.5 Å². The van der Waals surface area contributed by atoms with E-state index in [1.54, 1.807) is 12.1 Å². The molecule has 0 bridgehead atoms. The molecule has 0 saturated carbocycles. The van der Waals surface area contributed by atoms with Gasteiger partial charge in [0.15, 0.2) is 0 Å². The molecule has 0 aliphatic rings. The third-order valence-electron chi connectivity index (χ3n) is 2.85. The van der Waals surface area contributed by atoms with Gasteiger partial charge in [-0.1, -0.05) is 30.7 Å².